The third-order valence-electron chi connectivity index (χ3n) is 3.27. The fourth-order valence-electron chi connectivity index (χ4n) is 2.08. The van der Waals surface area contributed by atoms with Crippen LogP contribution in [0.1, 0.15) is 5.56 Å². The second kappa shape index (κ2) is 8.52. The van der Waals surface area contributed by atoms with Gasteiger partial charge in [0.05, 0.1) is 33.8 Å². The van der Waals surface area contributed by atoms with Gasteiger partial charge in [-0.05, 0) is 45.8 Å². The first-order valence-corrected chi connectivity index (χ1v) is 10.0. The number of nitrogens with zero attached hydrogens (tertiary/aromatic N) is 2. The van der Waals surface area contributed by atoms with Crippen molar-refractivity contribution in [3.05, 3.63) is 46.4 Å². The number of nitrogens with one attached hydrogen (secondary N) is 1. The number of carbonyl (C=O) groups excluding carboxylic acids is 1. The van der Waals surface area contributed by atoms with Crippen molar-refractivity contribution < 1.29 is 14.6 Å². The fourth-order valence-corrected chi connectivity index (χ4v) is 4.40. The fraction of sp³-hybridized carbons (Fsp3) is 0.118. The summed E-state index contributed by atoms with van der Waals surface area (Å²) >= 11 is 6.17. The Morgan fingerprint density at radius 3 is 3.04 bits per heavy atom. The number of aromatic hydroxyl groups is 1. The molecule has 0 fully saturated rings. The molecular weight excluding hydrogens is 438 g/mol. The van der Waals surface area contributed by atoms with Crippen LogP contribution in [0.4, 0.5) is 0 Å². The Kier molecular flexibility index (Phi) is 6.12. The molecule has 1 heterocycles. The van der Waals surface area contributed by atoms with Crippen LogP contribution in [0.3, 0.4) is 0 Å². The Labute approximate surface area is 166 Å². The van der Waals surface area contributed by atoms with Gasteiger partial charge in [0.15, 0.2) is 15.8 Å². The van der Waals surface area contributed by atoms with Crippen LogP contribution in [0, 0.1) is 0 Å². The van der Waals surface area contributed by atoms with Gasteiger partial charge in [0.1, 0.15) is 0 Å². The topological polar surface area (TPSA) is 83.8 Å². The van der Waals surface area contributed by atoms with Crippen LogP contribution in [-0.4, -0.2) is 35.1 Å². The smallest absolute Gasteiger partial charge is 0.250 e. The summed E-state index contributed by atoms with van der Waals surface area (Å²) in [6.45, 7) is 0. The van der Waals surface area contributed by atoms with Crippen LogP contribution in [0.25, 0.3) is 10.2 Å². The van der Waals surface area contributed by atoms with Crippen LogP contribution in [0.15, 0.2) is 50.3 Å². The number of phenols is 1. The average molecular weight is 452 g/mol. The lowest BCUT2D eigenvalue weighted by Gasteiger charge is -2.06. The predicted octanol–water partition coefficient (Wildman–Crippen LogP) is 4.02. The summed E-state index contributed by atoms with van der Waals surface area (Å²) in [5.41, 5.74) is 4.08. The Morgan fingerprint density at radius 2 is 2.27 bits per heavy atom. The summed E-state index contributed by atoms with van der Waals surface area (Å²) in [5, 5.41) is 13.7. The lowest BCUT2D eigenvalue weighted by Crippen LogP contribution is -2.19. The number of methoxy groups -OCH3 is 1. The van der Waals surface area contributed by atoms with Crippen molar-refractivity contribution in [2.75, 3.05) is 12.9 Å². The zero-order valence-electron chi connectivity index (χ0n) is 13.6. The van der Waals surface area contributed by atoms with E-state index in [0.717, 1.165) is 14.6 Å². The molecule has 0 saturated heterocycles. The van der Waals surface area contributed by atoms with Crippen molar-refractivity contribution in [1.29, 1.82) is 0 Å². The minimum absolute atomic E-state index is 0.0147. The van der Waals surface area contributed by atoms with Gasteiger partial charge in [-0.1, -0.05) is 23.9 Å². The van der Waals surface area contributed by atoms with Crippen molar-refractivity contribution in [3.63, 3.8) is 0 Å². The first-order valence-electron chi connectivity index (χ1n) is 7.43. The van der Waals surface area contributed by atoms with Gasteiger partial charge in [0, 0.05) is 0 Å². The highest BCUT2D eigenvalue weighted by Crippen LogP contribution is 2.34. The van der Waals surface area contributed by atoms with Gasteiger partial charge in [0.2, 0.25) is 0 Å². The number of hydrogen-bond donors (Lipinski definition) is 2. The third-order valence-corrected chi connectivity index (χ3v) is 6.06. The van der Waals surface area contributed by atoms with Crippen molar-refractivity contribution >= 4 is 61.4 Å². The molecule has 0 spiro atoms. The highest BCUT2D eigenvalue weighted by molar-refractivity contribution is 9.10. The number of thioether (sulfide) groups is 1. The summed E-state index contributed by atoms with van der Waals surface area (Å²) < 4.78 is 7.49. The predicted molar refractivity (Wildman–Crippen MR) is 108 cm³/mol. The second-order valence-electron chi connectivity index (χ2n) is 5.08. The number of halogens is 1. The van der Waals surface area contributed by atoms with Gasteiger partial charge >= 0.3 is 0 Å². The van der Waals surface area contributed by atoms with E-state index in [4.69, 9.17) is 4.74 Å². The molecule has 26 heavy (non-hydrogen) atoms. The van der Waals surface area contributed by atoms with E-state index >= 15 is 0 Å². The number of fused-ring (bicyclic) bond motifs is 1. The SMILES string of the molecule is COc1cc(C=NNC(=O)CSc2nc3ccccc3s2)cc(Br)c1O. The van der Waals surface area contributed by atoms with Crippen molar-refractivity contribution in [3.8, 4) is 11.5 Å². The summed E-state index contributed by atoms with van der Waals surface area (Å²) in [6.07, 6.45) is 1.48. The van der Waals surface area contributed by atoms with Gasteiger partial charge in [-0.25, -0.2) is 10.4 Å². The molecule has 0 aliphatic carbocycles. The van der Waals surface area contributed by atoms with Crippen molar-refractivity contribution in [2.24, 2.45) is 5.10 Å². The molecule has 9 heteroatoms. The molecule has 6 nitrogen and oxygen atoms in total. The molecule has 2 N–H and O–H groups in total. The van der Waals surface area contributed by atoms with E-state index in [1.807, 2.05) is 24.3 Å². The van der Waals surface area contributed by atoms with Crippen LogP contribution in [0.2, 0.25) is 0 Å². The lowest BCUT2D eigenvalue weighted by molar-refractivity contribution is -0.118. The molecule has 2 aromatic carbocycles. The Balaban J connectivity index is 1.55. The number of ether oxygens (including phenoxy) is 1. The van der Waals surface area contributed by atoms with Gasteiger partial charge in [-0.2, -0.15) is 5.10 Å². The van der Waals surface area contributed by atoms with Gasteiger partial charge in [0.25, 0.3) is 5.91 Å². The summed E-state index contributed by atoms with van der Waals surface area (Å²) in [4.78, 5) is 16.4. The van der Waals surface area contributed by atoms with Crippen LogP contribution in [0.5, 0.6) is 11.5 Å². The Bertz CT molecular complexity index is 942. The van der Waals surface area contributed by atoms with Crippen molar-refractivity contribution in [1.82, 2.24) is 10.4 Å². The minimum atomic E-state index is -0.227. The van der Waals surface area contributed by atoms with Crippen LogP contribution in [-0.2, 0) is 4.79 Å². The maximum Gasteiger partial charge on any atom is 0.250 e. The van der Waals surface area contributed by atoms with Gasteiger partial charge in [-0.3, -0.25) is 4.79 Å². The van der Waals surface area contributed by atoms with E-state index < -0.39 is 0 Å². The molecule has 0 bridgehead atoms. The first-order chi connectivity index (χ1) is 12.6. The second-order valence-corrected chi connectivity index (χ2v) is 8.19. The molecule has 0 aliphatic rings. The molecule has 0 saturated carbocycles. The normalized spacial score (nSPS) is 11.2. The van der Waals surface area contributed by atoms with Crippen LogP contribution < -0.4 is 10.2 Å². The number of amides is 1. The Hall–Kier alpha value is -2.10. The van der Waals surface area contributed by atoms with Crippen molar-refractivity contribution in [2.45, 2.75) is 4.34 Å². The van der Waals surface area contributed by atoms with E-state index in [1.165, 1.54) is 25.1 Å². The first kappa shape index (κ1) is 18.7. The maximum absolute atomic E-state index is 11.9. The molecule has 0 aliphatic heterocycles. The highest BCUT2D eigenvalue weighted by Gasteiger charge is 2.08. The zero-order valence-corrected chi connectivity index (χ0v) is 16.8. The summed E-state index contributed by atoms with van der Waals surface area (Å²) in [5.74, 6) is 0.328. The molecule has 0 atom stereocenters. The average Bonchev–Trinajstić information content (AvgIpc) is 3.05. The highest BCUT2D eigenvalue weighted by atomic mass is 79.9. The number of phenolic OH excluding ortho intramolecular Hbond substituents is 1. The maximum atomic E-state index is 11.9. The molecule has 3 aromatic rings. The largest absolute Gasteiger partial charge is 0.503 e. The standard InChI is InChI=1S/C17H14BrN3O3S2/c1-24-13-7-10(6-11(18)16(13)23)8-19-21-15(22)9-25-17-20-12-4-2-3-5-14(12)26-17/h2-8,23H,9H2,1H3,(H,21,22). The summed E-state index contributed by atoms with van der Waals surface area (Å²) in [6, 6.07) is 11.1. The zero-order chi connectivity index (χ0) is 18.5. The lowest BCUT2D eigenvalue weighted by atomic mass is 10.2. The number of para-hydroxylation sites is 1. The molecule has 1 amide bonds. The molecular formula is C17H14BrN3O3S2. The minimum Gasteiger partial charge on any atom is -0.503 e. The molecule has 0 unspecified atom stereocenters. The number of benzene rings is 2. The monoisotopic (exact) mass is 451 g/mol. The number of rotatable bonds is 6. The number of hydrazone groups is 1. The number of aromatic nitrogens is 1. The van der Waals surface area contributed by atoms with E-state index in [-0.39, 0.29) is 17.4 Å². The van der Waals surface area contributed by atoms with Gasteiger partial charge in [-0.15, -0.1) is 11.3 Å². The number of hydrogen-bond acceptors (Lipinski definition) is 7. The quantitative estimate of drug-likeness (QED) is 0.336. The Morgan fingerprint density at radius 1 is 1.46 bits per heavy atom. The summed E-state index contributed by atoms with van der Waals surface area (Å²) in [7, 11) is 1.46. The number of carbonyl (C=O) groups is 1. The van der Waals surface area contributed by atoms with E-state index in [2.05, 4.69) is 31.4 Å². The number of thiazole rings is 1. The van der Waals surface area contributed by atoms with Crippen LogP contribution >= 0.6 is 39.0 Å². The van der Waals surface area contributed by atoms with E-state index in [0.29, 0.717) is 15.8 Å². The molecule has 0 radical (unpaired) electrons. The van der Waals surface area contributed by atoms with Gasteiger partial charge < -0.3 is 9.84 Å². The molecule has 1 aromatic heterocycles. The molecule has 3 rings (SSSR count). The molecule has 134 valence electrons. The van der Waals surface area contributed by atoms with E-state index in [9.17, 15) is 9.90 Å². The third kappa shape index (κ3) is 4.54. The van der Waals surface area contributed by atoms with E-state index in [1.54, 1.807) is 23.5 Å².